The van der Waals surface area contributed by atoms with Gasteiger partial charge >= 0.3 is 0 Å². The zero-order chi connectivity index (χ0) is 24.1. The largest absolute Gasteiger partial charge is 0.371 e. The van der Waals surface area contributed by atoms with E-state index >= 15 is 0 Å². The van der Waals surface area contributed by atoms with Crippen LogP contribution in [0.2, 0.25) is 0 Å². The van der Waals surface area contributed by atoms with Crippen molar-refractivity contribution in [2.75, 3.05) is 18.0 Å². The average molecular weight is 467 g/mol. The van der Waals surface area contributed by atoms with E-state index in [1.165, 1.54) is 12.1 Å². The predicted molar refractivity (Wildman–Crippen MR) is 123 cm³/mol. The third-order valence-electron chi connectivity index (χ3n) is 5.84. The number of anilines is 1. The molecule has 4 rings (SSSR count). The van der Waals surface area contributed by atoms with E-state index in [9.17, 15) is 22.8 Å². The van der Waals surface area contributed by atoms with Crippen LogP contribution < -0.4 is 15.5 Å². The average Bonchev–Trinajstić information content (AvgIpc) is 2.83. The number of carbonyl (C=O) groups excluding carboxylic acids is 2. The van der Waals surface area contributed by atoms with Crippen molar-refractivity contribution in [1.82, 2.24) is 10.6 Å². The number of rotatable bonds is 6. The Labute approximate surface area is 195 Å². The minimum Gasteiger partial charge on any atom is -0.371 e. The van der Waals surface area contributed by atoms with Crippen molar-refractivity contribution in [3.05, 3.63) is 101 Å². The Morgan fingerprint density at radius 3 is 2.29 bits per heavy atom. The highest BCUT2D eigenvalue weighted by Crippen LogP contribution is 2.25. The van der Waals surface area contributed by atoms with E-state index in [0.29, 0.717) is 43.1 Å². The van der Waals surface area contributed by atoms with E-state index in [2.05, 4.69) is 15.5 Å². The van der Waals surface area contributed by atoms with Crippen LogP contribution in [0.5, 0.6) is 0 Å². The lowest BCUT2D eigenvalue weighted by molar-refractivity contribution is 0.0925. The molecule has 3 aromatic carbocycles. The van der Waals surface area contributed by atoms with Crippen LogP contribution in [0.3, 0.4) is 0 Å². The number of carbonyl (C=O) groups is 2. The van der Waals surface area contributed by atoms with Gasteiger partial charge in [-0.15, -0.1) is 0 Å². The van der Waals surface area contributed by atoms with Crippen molar-refractivity contribution < 1.29 is 22.8 Å². The zero-order valence-corrected chi connectivity index (χ0v) is 18.4. The molecular formula is C26H24F3N3O2. The molecule has 1 saturated heterocycles. The Morgan fingerprint density at radius 2 is 1.56 bits per heavy atom. The predicted octanol–water partition coefficient (Wildman–Crippen LogP) is 4.43. The Kier molecular flexibility index (Phi) is 7.15. The highest BCUT2D eigenvalue weighted by atomic mass is 19.1. The van der Waals surface area contributed by atoms with Gasteiger partial charge in [0.05, 0.1) is 11.1 Å². The second kappa shape index (κ2) is 10.4. The molecule has 0 radical (unpaired) electrons. The van der Waals surface area contributed by atoms with Crippen LogP contribution in [-0.4, -0.2) is 30.9 Å². The number of para-hydroxylation sites is 1. The number of halogens is 3. The SMILES string of the molecule is O=C(NC1CCN(c2ccccc2C(=O)NCc2cccc(F)c2)CC1)c1ccc(F)cc1F. The van der Waals surface area contributed by atoms with Gasteiger partial charge in [-0.3, -0.25) is 9.59 Å². The number of nitrogens with one attached hydrogen (secondary N) is 2. The molecular weight excluding hydrogens is 443 g/mol. The van der Waals surface area contributed by atoms with Crippen molar-refractivity contribution in [2.24, 2.45) is 0 Å². The maximum atomic E-state index is 13.9. The fraction of sp³-hybridized carbons (Fsp3) is 0.231. The van der Waals surface area contributed by atoms with Crippen LogP contribution in [0.1, 0.15) is 39.1 Å². The van der Waals surface area contributed by atoms with E-state index in [1.54, 1.807) is 24.3 Å². The van der Waals surface area contributed by atoms with Crippen molar-refractivity contribution in [2.45, 2.75) is 25.4 Å². The fourth-order valence-corrected chi connectivity index (χ4v) is 4.07. The summed E-state index contributed by atoms with van der Waals surface area (Å²) >= 11 is 0. The summed E-state index contributed by atoms with van der Waals surface area (Å²) in [5, 5.41) is 5.64. The third kappa shape index (κ3) is 5.57. The molecule has 8 heteroatoms. The Hall–Kier alpha value is -3.81. The van der Waals surface area contributed by atoms with Gasteiger partial charge in [0, 0.05) is 37.4 Å². The first kappa shape index (κ1) is 23.4. The number of hydrogen-bond acceptors (Lipinski definition) is 3. The van der Waals surface area contributed by atoms with Gasteiger partial charge in [-0.1, -0.05) is 24.3 Å². The van der Waals surface area contributed by atoms with Gasteiger partial charge in [0.1, 0.15) is 17.5 Å². The highest BCUT2D eigenvalue weighted by molar-refractivity contribution is 5.99. The smallest absolute Gasteiger partial charge is 0.254 e. The van der Waals surface area contributed by atoms with Crippen LogP contribution in [0.25, 0.3) is 0 Å². The zero-order valence-electron chi connectivity index (χ0n) is 18.4. The van der Waals surface area contributed by atoms with E-state index in [4.69, 9.17) is 0 Å². The molecule has 1 fully saturated rings. The van der Waals surface area contributed by atoms with E-state index < -0.39 is 17.5 Å². The van der Waals surface area contributed by atoms with Crippen LogP contribution >= 0.6 is 0 Å². The van der Waals surface area contributed by atoms with Crippen molar-refractivity contribution in [1.29, 1.82) is 0 Å². The number of amides is 2. The molecule has 5 nitrogen and oxygen atoms in total. The minimum atomic E-state index is -0.895. The Morgan fingerprint density at radius 1 is 0.824 bits per heavy atom. The highest BCUT2D eigenvalue weighted by Gasteiger charge is 2.25. The molecule has 2 N–H and O–H groups in total. The molecule has 0 bridgehead atoms. The van der Waals surface area contributed by atoms with Crippen LogP contribution in [0, 0.1) is 17.5 Å². The van der Waals surface area contributed by atoms with Crippen LogP contribution in [-0.2, 0) is 6.54 Å². The normalized spacial score (nSPS) is 14.0. The van der Waals surface area contributed by atoms with Gasteiger partial charge in [-0.2, -0.15) is 0 Å². The summed E-state index contributed by atoms with van der Waals surface area (Å²) < 4.78 is 40.4. The van der Waals surface area contributed by atoms with Gasteiger partial charge in [0.25, 0.3) is 11.8 Å². The molecule has 0 spiro atoms. The quantitative estimate of drug-likeness (QED) is 0.564. The van der Waals surface area contributed by atoms with Gasteiger partial charge < -0.3 is 15.5 Å². The number of nitrogens with zero attached hydrogens (tertiary/aromatic N) is 1. The lowest BCUT2D eigenvalue weighted by Crippen LogP contribution is -2.45. The number of benzene rings is 3. The molecule has 0 aliphatic carbocycles. The Bertz CT molecular complexity index is 1190. The van der Waals surface area contributed by atoms with Gasteiger partial charge in [-0.25, -0.2) is 13.2 Å². The number of hydrogen-bond donors (Lipinski definition) is 2. The molecule has 0 aromatic heterocycles. The molecule has 34 heavy (non-hydrogen) atoms. The first-order valence-electron chi connectivity index (χ1n) is 11.0. The summed E-state index contributed by atoms with van der Waals surface area (Å²) in [7, 11) is 0. The summed E-state index contributed by atoms with van der Waals surface area (Å²) in [4.78, 5) is 27.3. The minimum absolute atomic E-state index is 0.165. The summed E-state index contributed by atoms with van der Waals surface area (Å²) in [6.45, 7) is 1.38. The lowest BCUT2D eigenvalue weighted by Gasteiger charge is -2.35. The summed E-state index contributed by atoms with van der Waals surface area (Å²) in [6.07, 6.45) is 1.21. The Balaban J connectivity index is 1.36. The second-order valence-electron chi connectivity index (χ2n) is 8.19. The van der Waals surface area contributed by atoms with Gasteiger partial charge in [0.2, 0.25) is 0 Å². The topological polar surface area (TPSA) is 61.4 Å². The van der Waals surface area contributed by atoms with Gasteiger partial charge in [0.15, 0.2) is 0 Å². The molecule has 176 valence electrons. The molecule has 0 unspecified atom stereocenters. The summed E-state index contributed by atoms with van der Waals surface area (Å²) in [5.41, 5.74) is 1.76. The van der Waals surface area contributed by atoms with Crippen molar-refractivity contribution in [3.8, 4) is 0 Å². The molecule has 1 aliphatic heterocycles. The van der Waals surface area contributed by atoms with Crippen molar-refractivity contribution >= 4 is 17.5 Å². The monoisotopic (exact) mass is 467 g/mol. The van der Waals surface area contributed by atoms with E-state index in [1.807, 2.05) is 12.1 Å². The lowest BCUT2D eigenvalue weighted by atomic mass is 10.0. The summed E-state index contributed by atoms with van der Waals surface area (Å²) in [6, 6.07) is 16.0. The third-order valence-corrected chi connectivity index (χ3v) is 5.84. The molecule has 2 amide bonds. The fourth-order valence-electron chi connectivity index (χ4n) is 4.07. The standard InChI is InChI=1S/C26H24F3N3O2/c27-18-5-3-4-17(14-18)16-30-25(33)22-6-1-2-7-24(22)32-12-10-20(11-13-32)31-26(34)21-9-8-19(28)15-23(21)29/h1-9,14-15,20H,10-13,16H2,(H,30,33)(H,31,34). The van der Waals surface area contributed by atoms with Crippen molar-refractivity contribution in [3.63, 3.8) is 0 Å². The molecule has 1 aliphatic rings. The first-order chi connectivity index (χ1) is 16.4. The van der Waals surface area contributed by atoms with Gasteiger partial charge in [-0.05, 0) is 54.8 Å². The van der Waals surface area contributed by atoms with Crippen LogP contribution in [0.15, 0.2) is 66.7 Å². The molecule has 1 heterocycles. The maximum absolute atomic E-state index is 13.9. The first-order valence-corrected chi connectivity index (χ1v) is 11.0. The van der Waals surface area contributed by atoms with Crippen LogP contribution in [0.4, 0.5) is 18.9 Å². The maximum Gasteiger partial charge on any atom is 0.254 e. The molecule has 0 atom stereocenters. The van der Waals surface area contributed by atoms with E-state index in [-0.39, 0.29) is 29.9 Å². The second-order valence-corrected chi connectivity index (χ2v) is 8.19. The molecule has 0 saturated carbocycles. The van der Waals surface area contributed by atoms with E-state index in [0.717, 1.165) is 17.8 Å². The summed E-state index contributed by atoms with van der Waals surface area (Å²) in [5.74, 6) is -2.83. The molecule has 3 aromatic rings. The number of piperidine rings is 1.